The maximum atomic E-state index is 5.74. The second kappa shape index (κ2) is 5.80. The van der Waals surface area contributed by atoms with Crippen molar-refractivity contribution >= 4 is 0 Å². The number of fused-ring (bicyclic) bond motifs is 1. The van der Waals surface area contributed by atoms with Crippen LogP contribution in [0.2, 0.25) is 0 Å². The molecule has 0 aromatic heterocycles. The first-order chi connectivity index (χ1) is 9.36. The van der Waals surface area contributed by atoms with Crippen LogP contribution in [0.15, 0.2) is 18.2 Å². The summed E-state index contributed by atoms with van der Waals surface area (Å²) in [7, 11) is 1.68. The molecule has 0 bridgehead atoms. The fourth-order valence-electron chi connectivity index (χ4n) is 2.82. The molecule has 1 atom stereocenters. The fraction of sp³-hybridized carbons (Fsp3) is 0.600. The minimum Gasteiger partial charge on any atom is -0.497 e. The van der Waals surface area contributed by atoms with Crippen LogP contribution in [0.3, 0.4) is 0 Å². The van der Waals surface area contributed by atoms with E-state index in [2.05, 4.69) is 11.4 Å². The van der Waals surface area contributed by atoms with E-state index in [0.717, 1.165) is 50.6 Å². The van der Waals surface area contributed by atoms with Crippen molar-refractivity contribution in [3.05, 3.63) is 23.8 Å². The number of benzene rings is 1. The highest BCUT2D eigenvalue weighted by Gasteiger charge is 2.25. The molecule has 1 saturated heterocycles. The molecule has 0 saturated carbocycles. The van der Waals surface area contributed by atoms with Crippen LogP contribution < -0.4 is 14.8 Å². The second-order valence-electron chi connectivity index (χ2n) is 5.15. The molecule has 1 aromatic carbocycles. The van der Waals surface area contributed by atoms with E-state index < -0.39 is 0 Å². The summed E-state index contributed by atoms with van der Waals surface area (Å²) in [6.45, 7) is 2.51. The van der Waals surface area contributed by atoms with E-state index in [-0.39, 0.29) is 0 Å². The Kier molecular flexibility index (Phi) is 3.89. The standard InChI is InChI=1S/C15H21NO3/c1-17-12-2-3-13-14(6-9-19-15(13)10-12)16-11-4-7-18-8-5-11/h2-3,10-11,14,16H,4-9H2,1H3/t14-/m0/s1. The molecule has 1 aromatic rings. The predicted molar refractivity (Wildman–Crippen MR) is 72.8 cm³/mol. The first-order valence-corrected chi connectivity index (χ1v) is 7.01. The molecule has 0 amide bonds. The quantitative estimate of drug-likeness (QED) is 0.908. The number of methoxy groups -OCH3 is 1. The molecule has 4 heteroatoms. The van der Waals surface area contributed by atoms with Gasteiger partial charge in [-0.2, -0.15) is 0 Å². The molecule has 3 rings (SSSR count). The Balaban J connectivity index is 1.74. The lowest BCUT2D eigenvalue weighted by molar-refractivity contribution is 0.0727. The molecule has 0 aliphatic carbocycles. The number of hydrogen-bond donors (Lipinski definition) is 1. The molecule has 0 unspecified atom stereocenters. The molecular formula is C15H21NO3. The molecule has 0 spiro atoms. The zero-order chi connectivity index (χ0) is 13.1. The largest absolute Gasteiger partial charge is 0.497 e. The summed E-state index contributed by atoms with van der Waals surface area (Å²) in [4.78, 5) is 0. The van der Waals surface area contributed by atoms with E-state index in [0.29, 0.717) is 12.1 Å². The lowest BCUT2D eigenvalue weighted by Gasteiger charge is -2.32. The van der Waals surface area contributed by atoms with Crippen LogP contribution in [0.5, 0.6) is 11.5 Å². The van der Waals surface area contributed by atoms with Crippen molar-refractivity contribution < 1.29 is 14.2 Å². The number of hydrogen-bond acceptors (Lipinski definition) is 4. The second-order valence-corrected chi connectivity index (χ2v) is 5.15. The molecule has 0 radical (unpaired) electrons. The average molecular weight is 263 g/mol. The third kappa shape index (κ3) is 2.85. The van der Waals surface area contributed by atoms with Gasteiger partial charge in [0, 0.05) is 43.3 Å². The van der Waals surface area contributed by atoms with Crippen molar-refractivity contribution in [2.45, 2.75) is 31.3 Å². The van der Waals surface area contributed by atoms with E-state index in [1.54, 1.807) is 7.11 Å². The normalized spacial score (nSPS) is 23.5. The van der Waals surface area contributed by atoms with Gasteiger partial charge >= 0.3 is 0 Å². The summed E-state index contributed by atoms with van der Waals surface area (Å²) in [6.07, 6.45) is 3.22. The van der Waals surface area contributed by atoms with E-state index in [1.165, 1.54) is 5.56 Å². The zero-order valence-electron chi connectivity index (χ0n) is 11.4. The van der Waals surface area contributed by atoms with Gasteiger partial charge in [0.2, 0.25) is 0 Å². The van der Waals surface area contributed by atoms with Crippen LogP contribution in [0.4, 0.5) is 0 Å². The van der Waals surface area contributed by atoms with Crippen molar-refractivity contribution in [3.8, 4) is 11.5 Å². The summed E-state index contributed by atoms with van der Waals surface area (Å²) in [5.74, 6) is 1.81. The average Bonchev–Trinajstić information content (AvgIpc) is 2.48. The van der Waals surface area contributed by atoms with Crippen molar-refractivity contribution in [3.63, 3.8) is 0 Å². The summed E-state index contributed by atoms with van der Waals surface area (Å²) >= 11 is 0. The van der Waals surface area contributed by atoms with Gasteiger partial charge in [0.25, 0.3) is 0 Å². The molecule has 1 fully saturated rings. The van der Waals surface area contributed by atoms with E-state index in [9.17, 15) is 0 Å². The number of nitrogens with one attached hydrogen (secondary N) is 1. The van der Waals surface area contributed by atoms with Crippen LogP contribution in [-0.2, 0) is 4.74 Å². The zero-order valence-corrected chi connectivity index (χ0v) is 11.4. The van der Waals surface area contributed by atoms with Crippen molar-refractivity contribution in [2.24, 2.45) is 0 Å². The van der Waals surface area contributed by atoms with Gasteiger partial charge in [-0.05, 0) is 18.9 Å². The fourth-order valence-corrected chi connectivity index (χ4v) is 2.82. The minimum atomic E-state index is 0.387. The highest BCUT2D eigenvalue weighted by molar-refractivity contribution is 5.43. The first-order valence-electron chi connectivity index (χ1n) is 7.01. The summed E-state index contributed by atoms with van der Waals surface area (Å²) < 4.78 is 16.4. The van der Waals surface area contributed by atoms with Gasteiger partial charge in [-0.25, -0.2) is 0 Å². The van der Waals surface area contributed by atoms with Gasteiger partial charge < -0.3 is 19.5 Å². The molecule has 2 aliphatic heterocycles. The van der Waals surface area contributed by atoms with Crippen LogP contribution in [0.1, 0.15) is 30.9 Å². The van der Waals surface area contributed by atoms with Crippen LogP contribution >= 0.6 is 0 Å². The topological polar surface area (TPSA) is 39.7 Å². The van der Waals surface area contributed by atoms with Crippen molar-refractivity contribution in [1.82, 2.24) is 5.32 Å². The molecule has 104 valence electrons. The Morgan fingerprint density at radius 3 is 2.79 bits per heavy atom. The van der Waals surface area contributed by atoms with Crippen molar-refractivity contribution in [1.29, 1.82) is 0 Å². The Morgan fingerprint density at radius 2 is 2.00 bits per heavy atom. The molecule has 2 heterocycles. The third-order valence-corrected chi connectivity index (χ3v) is 3.92. The molecular weight excluding hydrogens is 242 g/mol. The maximum absolute atomic E-state index is 5.74. The molecule has 19 heavy (non-hydrogen) atoms. The minimum absolute atomic E-state index is 0.387. The summed E-state index contributed by atoms with van der Waals surface area (Å²) in [5.41, 5.74) is 1.25. The van der Waals surface area contributed by atoms with E-state index in [1.807, 2.05) is 12.1 Å². The highest BCUT2D eigenvalue weighted by atomic mass is 16.5. The van der Waals surface area contributed by atoms with Crippen molar-refractivity contribution in [2.75, 3.05) is 26.9 Å². The maximum Gasteiger partial charge on any atom is 0.127 e. The molecule has 4 nitrogen and oxygen atoms in total. The Hall–Kier alpha value is -1.26. The lowest BCUT2D eigenvalue weighted by Crippen LogP contribution is -2.39. The number of ether oxygens (including phenoxy) is 3. The van der Waals surface area contributed by atoms with Crippen LogP contribution in [-0.4, -0.2) is 33.0 Å². The molecule has 1 N–H and O–H groups in total. The summed E-state index contributed by atoms with van der Waals surface area (Å²) in [5, 5.41) is 3.75. The lowest BCUT2D eigenvalue weighted by atomic mass is 9.98. The van der Waals surface area contributed by atoms with Crippen LogP contribution in [0, 0.1) is 0 Å². The summed E-state index contributed by atoms with van der Waals surface area (Å²) in [6, 6.07) is 7.05. The molecule has 2 aliphatic rings. The smallest absolute Gasteiger partial charge is 0.127 e. The number of rotatable bonds is 3. The van der Waals surface area contributed by atoms with E-state index in [4.69, 9.17) is 14.2 Å². The first kappa shape index (κ1) is 12.8. The third-order valence-electron chi connectivity index (χ3n) is 3.92. The van der Waals surface area contributed by atoms with Gasteiger partial charge in [-0.3, -0.25) is 0 Å². The Morgan fingerprint density at radius 1 is 1.16 bits per heavy atom. The SMILES string of the molecule is COc1ccc2c(c1)OCC[C@@H]2NC1CCOCC1. The highest BCUT2D eigenvalue weighted by Crippen LogP contribution is 2.35. The van der Waals surface area contributed by atoms with Gasteiger partial charge in [-0.15, -0.1) is 0 Å². The monoisotopic (exact) mass is 263 g/mol. The van der Waals surface area contributed by atoms with Gasteiger partial charge in [-0.1, -0.05) is 6.07 Å². The van der Waals surface area contributed by atoms with Gasteiger partial charge in [0.05, 0.1) is 13.7 Å². The predicted octanol–water partition coefficient (Wildman–Crippen LogP) is 2.29. The Bertz CT molecular complexity index is 429. The van der Waals surface area contributed by atoms with Crippen LogP contribution in [0.25, 0.3) is 0 Å². The van der Waals surface area contributed by atoms with Gasteiger partial charge in [0.1, 0.15) is 11.5 Å². The Labute approximate surface area is 114 Å². The van der Waals surface area contributed by atoms with E-state index >= 15 is 0 Å². The van der Waals surface area contributed by atoms with Gasteiger partial charge in [0.15, 0.2) is 0 Å².